The van der Waals surface area contributed by atoms with Crippen molar-refractivity contribution in [3.05, 3.63) is 29.8 Å². The van der Waals surface area contributed by atoms with Crippen molar-refractivity contribution in [3.8, 4) is 0 Å². The molecule has 1 aliphatic heterocycles. The van der Waals surface area contributed by atoms with Gasteiger partial charge in [-0.3, -0.25) is 14.4 Å². The molecule has 166 valence electrons. The van der Waals surface area contributed by atoms with Crippen molar-refractivity contribution in [2.24, 2.45) is 11.8 Å². The predicted molar refractivity (Wildman–Crippen MR) is 119 cm³/mol. The highest BCUT2D eigenvalue weighted by molar-refractivity contribution is 6.39. The van der Waals surface area contributed by atoms with Crippen LogP contribution in [-0.2, 0) is 9.59 Å². The number of unbranched alkanes of at least 4 members (excludes halogenated alkanes) is 1. The van der Waals surface area contributed by atoms with Crippen molar-refractivity contribution in [2.75, 3.05) is 31.5 Å². The van der Waals surface area contributed by atoms with Gasteiger partial charge in [0.2, 0.25) is 0 Å². The van der Waals surface area contributed by atoms with Crippen molar-refractivity contribution in [3.63, 3.8) is 0 Å². The van der Waals surface area contributed by atoms with E-state index in [1.807, 2.05) is 13.8 Å². The quantitative estimate of drug-likeness (QED) is 0.449. The molecule has 0 saturated carbocycles. The average Bonchev–Trinajstić information content (AvgIpc) is 2.66. The Balaban J connectivity index is 1.70. The van der Waals surface area contributed by atoms with Crippen LogP contribution in [0.1, 0.15) is 57.3 Å². The molecule has 0 aliphatic carbocycles. The molecule has 1 aromatic rings. The number of benzene rings is 1. The van der Waals surface area contributed by atoms with E-state index in [1.165, 1.54) is 6.42 Å². The maximum Gasteiger partial charge on any atom is 0.313 e. The second kappa shape index (κ2) is 11.7. The normalized spacial score (nSPS) is 19.4. The lowest BCUT2D eigenvalue weighted by atomic mass is 9.92. The van der Waals surface area contributed by atoms with Crippen LogP contribution in [0.25, 0.3) is 0 Å². The molecule has 1 fully saturated rings. The summed E-state index contributed by atoms with van der Waals surface area (Å²) in [5.74, 6) is -0.121. The van der Waals surface area contributed by atoms with Gasteiger partial charge in [-0.1, -0.05) is 19.9 Å². The zero-order valence-corrected chi connectivity index (χ0v) is 18.7. The van der Waals surface area contributed by atoms with Gasteiger partial charge in [-0.2, -0.15) is 0 Å². The number of likely N-dealkylation sites (tertiary alicyclic amines) is 1. The molecule has 2 atom stereocenters. The molecule has 1 saturated heterocycles. The average molecular weight is 417 g/mol. The fraction of sp³-hybridized carbons (Fsp3) is 0.609. The number of carbonyl (C=O) groups excluding carboxylic acids is 3. The zero-order valence-electron chi connectivity index (χ0n) is 18.7. The van der Waals surface area contributed by atoms with E-state index in [-0.39, 0.29) is 11.9 Å². The first kappa shape index (κ1) is 23.9. The molecule has 0 radical (unpaired) electrons. The summed E-state index contributed by atoms with van der Waals surface area (Å²) in [5, 5.41) is 8.02. The minimum atomic E-state index is -0.727. The maximum atomic E-state index is 12.1. The highest BCUT2D eigenvalue weighted by Gasteiger charge is 2.21. The van der Waals surface area contributed by atoms with E-state index in [2.05, 4.69) is 34.7 Å². The number of nitrogens with zero attached hydrogens (tertiary/aromatic N) is 1. The summed E-state index contributed by atoms with van der Waals surface area (Å²) < 4.78 is 0. The number of anilines is 1. The van der Waals surface area contributed by atoms with Crippen molar-refractivity contribution >= 4 is 23.4 Å². The lowest BCUT2D eigenvalue weighted by Crippen LogP contribution is -2.39. The van der Waals surface area contributed by atoms with Crippen LogP contribution < -0.4 is 16.0 Å². The van der Waals surface area contributed by atoms with Gasteiger partial charge in [0.25, 0.3) is 5.91 Å². The van der Waals surface area contributed by atoms with Gasteiger partial charge < -0.3 is 20.9 Å². The Hall–Kier alpha value is -2.41. The number of amides is 3. The van der Waals surface area contributed by atoms with Crippen LogP contribution in [0.2, 0.25) is 0 Å². The first-order valence-corrected chi connectivity index (χ1v) is 11.0. The Morgan fingerprint density at radius 3 is 2.43 bits per heavy atom. The Morgan fingerprint density at radius 2 is 1.77 bits per heavy atom. The van der Waals surface area contributed by atoms with E-state index in [1.54, 1.807) is 24.3 Å². The Morgan fingerprint density at radius 1 is 1.07 bits per heavy atom. The van der Waals surface area contributed by atoms with Gasteiger partial charge >= 0.3 is 11.8 Å². The van der Waals surface area contributed by atoms with Crippen LogP contribution >= 0.6 is 0 Å². The van der Waals surface area contributed by atoms with E-state index in [4.69, 9.17) is 0 Å². The van der Waals surface area contributed by atoms with Gasteiger partial charge in [0, 0.05) is 36.9 Å². The summed E-state index contributed by atoms with van der Waals surface area (Å²) in [6.45, 7) is 12.1. The SMILES string of the molecule is CC(C)NC(=O)c1cccc(NC(=O)C(=O)NCCCCN2C[C@@H](C)C[C@H](C)C2)c1. The number of hydrogen-bond donors (Lipinski definition) is 3. The van der Waals surface area contributed by atoms with Crippen LogP contribution in [-0.4, -0.2) is 54.8 Å². The second-order valence-electron chi connectivity index (χ2n) is 8.83. The smallest absolute Gasteiger partial charge is 0.313 e. The van der Waals surface area contributed by atoms with Gasteiger partial charge in [-0.05, 0) is 69.7 Å². The summed E-state index contributed by atoms with van der Waals surface area (Å²) in [6, 6.07) is 6.56. The fourth-order valence-corrected chi connectivity index (χ4v) is 3.99. The van der Waals surface area contributed by atoms with Gasteiger partial charge in [0.05, 0.1) is 0 Å². The summed E-state index contributed by atoms with van der Waals surface area (Å²) >= 11 is 0. The third-order valence-electron chi connectivity index (χ3n) is 5.14. The molecule has 0 spiro atoms. The van der Waals surface area contributed by atoms with E-state index < -0.39 is 11.8 Å². The Kier molecular flexibility index (Phi) is 9.30. The minimum Gasteiger partial charge on any atom is -0.350 e. The number of carbonyl (C=O) groups is 3. The summed E-state index contributed by atoms with van der Waals surface area (Å²) in [4.78, 5) is 38.7. The third kappa shape index (κ3) is 8.14. The standard InChI is InChI=1S/C23H36N4O3/c1-16(2)25-21(28)19-8-7-9-20(13-19)26-23(30)22(29)24-10-5-6-11-27-14-17(3)12-18(4)15-27/h7-9,13,16-18H,5-6,10-12,14-15H2,1-4H3,(H,24,29)(H,25,28)(H,26,30)/t17-,18-/m0/s1. The van der Waals surface area contributed by atoms with Crippen molar-refractivity contribution < 1.29 is 14.4 Å². The van der Waals surface area contributed by atoms with Crippen molar-refractivity contribution in [1.29, 1.82) is 0 Å². The largest absolute Gasteiger partial charge is 0.350 e. The number of hydrogen-bond acceptors (Lipinski definition) is 4. The van der Waals surface area contributed by atoms with Crippen molar-refractivity contribution in [2.45, 2.75) is 53.0 Å². The third-order valence-corrected chi connectivity index (χ3v) is 5.14. The molecule has 0 unspecified atom stereocenters. The van der Waals surface area contributed by atoms with E-state index in [0.29, 0.717) is 17.8 Å². The predicted octanol–water partition coefficient (Wildman–Crippen LogP) is 2.64. The van der Waals surface area contributed by atoms with Crippen LogP contribution in [0.4, 0.5) is 5.69 Å². The van der Waals surface area contributed by atoms with Gasteiger partial charge in [0.1, 0.15) is 0 Å². The van der Waals surface area contributed by atoms with Crippen molar-refractivity contribution in [1.82, 2.24) is 15.5 Å². The van der Waals surface area contributed by atoms with Crippen LogP contribution in [0.5, 0.6) is 0 Å². The minimum absolute atomic E-state index is 0.0169. The Bertz CT molecular complexity index is 725. The number of rotatable bonds is 8. The zero-order chi connectivity index (χ0) is 22.1. The summed E-state index contributed by atoms with van der Waals surface area (Å²) in [7, 11) is 0. The van der Waals surface area contributed by atoms with E-state index >= 15 is 0 Å². The maximum absolute atomic E-state index is 12.1. The lowest BCUT2D eigenvalue weighted by Gasteiger charge is -2.34. The van der Waals surface area contributed by atoms with Crippen LogP contribution in [0.15, 0.2) is 24.3 Å². The van der Waals surface area contributed by atoms with Gasteiger partial charge in [-0.15, -0.1) is 0 Å². The lowest BCUT2D eigenvalue weighted by molar-refractivity contribution is -0.136. The molecule has 3 amide bonds. The Labute approximate surface area is 180 Å². The molecule has 1 aliphatic rings. The van der Waals surface area contributed by atoms with Crippen LogP contribution in [0.3, 0.4) is 0 Å². The monoisotopic (exact) mass is 416 g/mol. The number of piperidine rings is 1. The second-order valence-corrected chi connectivity index (χ2v) is 8.83. The molecule has 1 heterocycles. The molecule has 2 rings (SSSR count). The molecule has 3 N–H and O–H groups in total. The molecule has 0 aromatic heterocycles. The summed E-state index contributed by atoms with van der Waals surface area (Å²) in [6.07, 6.45) is 3.13. The topological polar surface area (TPSA) is 90.5 Å². The molecule has 30 heavy (non-hydrogen) atoms. The molecule has 1 aromatic carbocycles. The molecule has 0 bridgehead atoms. The first-order chi connectivity index (χ1) is 14.2. The molecular weight excluding hydrogens is 380 g/mol. The van der Waals surface area contributed by atoms with Crippen LogP contribution in [0, 0.1) is 11.8 Å². The summed E-state index contributed by atoms with van der Waals surface area (Å²) in [5.41, 5.74) is 0.850. The van der Waals surface area contributed by atoms with Gasteiger partial charge in [-0.25, -0.2) is 0 Å². The highest BCUT2D eigenvalue weighted by Crippen LogP contribution is 2.21. The number of nitrogens with one attached hydrogen (secondary N) is 3. The van der Waals surface area contributed by atoms with E-state index in [0.717, 1.165) is 44.3 Å². The molecular formula is C23H36N4O3. The highest BCUT2D eigenvalue weighted by atomic mass is 16.2. The van der Waals surface area contributed by atoms with E-state index in [9.17, 15) is 14.4 Å². The van der Waals surface area contributed by atoms with Gasteiger partial charge in [0.15, 0.2) is 0 Å². The first-order valence-electron chi connectivity index (χ1n) is 11.0. The molecule has 7 nitrogen and oxygen atoms in total. The fourth-order valence-electron chi connectivity index (χ4n) is 3.99. The molecule has 7 heteroatoms.